The van der Waals surface area contributed by atoms with E-state index in [9.17, 15) is 9.90 Å². The van der Waals surface area contributed by atoms with E-state index in [2.05, 4.69) is 5.16 Å². The Morgan fingerprint density at radius 2 is 2.35 bits per heavy atom. The monoisotopic (exact) mass is 240 g/mol. The fourth-order valence-corrected chi connectivity index (χ4v) is 1.75. The molecule has 2 heterocycles. The van der Waals surface area contributed by atoms with Gasteiger partial charge in [-0.3, -0.25) is 4.79 Å². The number of aliphatic hydroxyl groups excluding tert-OH is 1. The first-order valence-corrected chi connectivity index (χ1v) is 5.67. The van der Waals surface area contributed by atoms with Crippen LogP contribution in [0.3, 0.4) is 0 Å². The van der Waals surface area contributed by atoms with E-state index >= 15 is 0 Å². The molecule has 2 rings (SSSR count). The van der Waals surface area contributed by atoms with Crippen LogP contribution in [0.25, 0.3) is 0 Å². The minimum Gasteiger partial charge on any atom is -0.465 e. The zero-order chi connectivity index (χ0) is 12.3. The topological polar surface area (TPSA) is 75.8 Å². The van der Waals surface area contributed by atoms with E-state index in [-0.39, 0.29) is 18.6 Å². The summed E-state index contributed by atoms with van der Waals surface area (Å²) < 4.78 is 10.0. The normalized spacial score (nSPS) is 17.2. The Kier molecular flexibility index (Phi) is 3.63. The summed E-state index contributed by atoms with van der Waals surface area (Å²) in [6.07, 6.45) is 0.988. The molecule has 1 fully saturated rings. The first-order chi connectivity index (χ1) is 8.15. The summed E-state index contributed by atoms with van der Waals surface area (Å²) in [5.74, 6) is 0.888. The highest BCUT2D eigenvalue weighted by atomic mass is 16.5. The van der Waals surface area contributed by atoms with Crippen LogP contribution in [0.15, 0.2) is 10.6 Å². The first-order valence-electron chi connectivity index (χ1n) is 5.67. The van der Waals surface area contributed by atoms with Gasteiger partial charge in [0.2, 0.25) is 0 Å². The van der Waals surface area contributed by atoms with Crippen molar-refractivity contribution in [2.75, 3.05) is 19.7 Å². The zero-order valence-corrected chi connectivity index (χ0v) is 9.76. The first kappa shape index (κ1) is 11.9. The maximum Gasteiger partial charge on any atom is 0.260 e. The Morgan fingerprint density at radius 3 is 2.94 bits per heavy atom. The van der Waals surface area contributed by atoms with Gasteiger partial charge < -0.3 is 19.3 Å². The van der Waals surface area contributed by atoms with Gasteiger partial charge >= 0.3 is 0 Å². The molecular formula is C11H16N2O4. The number of piperidine rings is 1. The van der Waals surface area contributed by atoms with Crippen LogP contribution >= 0.6 is 0 Å². The largest absolute Gasteiger partial charge is 0.465 e. The van der Waals surface area contributed by atoms with E-state index in [1.54, 1.807) is 17.9 Å². The molecule has 6 heteroatoms. The number of hydrogen-bond acceptors (Lipinski definition) is 5. The number of aromatic nitrogens is 1. The highest BCUT2D eigenvalue weighted by Crippen LogP contribution is 2.12. The van der Waals surface area contributed by atoms with Gasteiger partial charge in [0.05, 0.1) is 6.10 Å². The predicted molar refractivity (Wildman–Crippen MR) is 58.6 cm³/mol. The average molecular weight is 240 g/mol. The van der Waals surface area contributed by atoms with E-state index in [4.69, 9.17) is 9.26 Å². The summed E-state index contributed by atoms with van der Waals surface area (Å²) in [4.78, 5) is 13.4. The molecule has 0 aliphatic carbocycles. The summed E-state index contributed by atoms with van der Waals surface area (Å²) in [6, 6.07) is 1.63. The van der Waals surface area contributed by atoms with Crippen LogP contribution in [0.4, 0.5) is 0 Å². The van der Waals surface area contributed by atoms with Crippen LogP contribution < -0.4 is 4.74 Å². The summed E-state index contributed by atoms with van der Waals surface area (Å²) in [5, 5.41) is 13.0. The van der Waals surface area contributed by atoms with Crippen LogP contribution in [0.1, 0.15) is 18.6 Å². The molecule has 0 atom stereocenters. The highest BCUT2D eigenvalue weighted by Gasteiger charge is 2.21. The molecule has 0 radical (unpaired) electrons. The SMILES string of the molecule is Cc1cc(OCC(=O)N2CCC(O)CC2)no1. The number of carbonyl (C=O) groups is 1. The van der Waals surface area contributed by atoms with Crippen molar-refractivity contribution < 1.29 is 19.2 Å². The molecule has 1 aliphatic rings. The third-order valence-electron chi connectivity index (χ3n) is 2.77. The molecule has 0 unspecified atom stereocenters. The van der Waals surface area contributed by atoms with Gasteiger partial charge in [0, 0.05) is 19.2 Å². The quantitative estimate of drug-likeness (QED) is 0.824. The molecular weight excluding hydrogens is 224 g/mol. The molecule has 0 spiro atoms. The zero-order valence-electron chi connectivity index (χ0n) is 9.76. The number of aliphatic hydroxyl groups is 1. The third-order valence-corrected chi connectivity index (χ3v) is 2.77. The summed E-state index contributed by atoms with van der Waals surface area (Å²) >= 11 is 0. The van der Waals surface area contributed by atoms with Gasteiger partial charge in [0.1, 0.15) is 5.76 Å². The summed E-state index contributed by atoms with van der Waals surface area (Å²) in [6.45, 7) is 2.89. The van der Waals surface area contributed by atoms with Gasteiger partial charge in [-0.2, -0.15) is 0 Å². The fraction of sp³-hybridized carbons (Fsp3) is 0.636. The molecule has 1 amide bonds. The van der Waals surface area contributed by atoms with Crippen molar-refractivity contribution >= 4 is 5.91 Å². The van der Waals surface area contributed by atoms with Gasteiger partial charge in [-0.1, -0.05) is 0 Å². The van der Waals surface area contributed by atoms with Crippen LogP contribution in [-0.4, -0.2) is 46.9 Å². The Bertz CT molecular complexity index is 383. The van der Waals surface area contributed by atoms with Gasteiger partial charge in [-0.25, -0.2) is 0 Å². The van der Waals surface area contributed by atoms with E-state index < -0.39 is 0 Å². The smallest absolute Gasteiger partial charge is 0.260 e. The summed E-state index contributed by atoms with van der Waals surface area (Å²) in [7, 11) is 0. The van der Waals surface area contributed by atoms with Crippen molar-refractivity contribution in [2.24, 2.45) is 0 Å². The van der Waals surface area contributed by atoms with Gasteiger partial charge in [-0.15, -0.1) is 0 Å². The minimum atomic E-state index is -0.279. The van der Waals surface area contributed by atoms with E-state index in [1.807, 2.05) is 0 Å². The number of aryl methyl sites for hydroxylation is 1. The van der Waals surface area contributed by atoms with Crippen molar-refractivity contribution in [3.05, 3.63) is 11.8 Å². The molecule has 6 nitrogen and oxygen atoms in total. The van der Waals surface area contributed by atoms with Crippen molar-refractivity contribution in [3.8, 4) is 5.88 Å². The number of amides is 1. The Labute approximate surface area is 99.1 Å². The number of carbonyl (C=O) groups excluding carboxylic acids is 1. The molecule has 1 aromatic heterocycles. The molecule has 1 aromatic rings. The van der Waals surface area contributed by atoms with Crippen LogP contribution in [0.2, 0.25) is 0 Å². The second-order valence-electron chi connectivity index (χ2n) is 4.18. The number of hydrogen-bond donors (Lipinski definition) is 1. The van der Waals surface area contributed by atoms with Crippen molar-refractivity contribution in [3.63, 3.8) is 0 Å². The number of likely N-dealkylation sites (tertiary alicyclic amines) is 1. The standard InChI is InChI=1S/C11H16N2O4/c1-8-6-10(12-17-8)16-7-11(15)13-4-2-9(14)3-5-13/h6,9,14H,2-5,7H2,1H3. The van der Waals surface area contributed by atoms with E-state index in [1.165, 1.54) is 0 Å². The Hall–Kier alpha value is -1.56. The lowest BCUT2D eigenvalue weighted by Crippen LogP contribution is -2.42. The van der Waals surface area contributed by atoms with Crippen LogP contribution in [0.5, 0.6) is 5.88 Å². The second kappa shape index (κ2) is 5.18. The highest BCUT2D eigenvalue weighted by molar-refractivity contribution is 5.77. The molecule has 17 heavy (non-hydrogen) atoms. The van der Waals surface area contributed by atoms with Crippen LogP contribution in [0, 0.1) is 6.92 Å². The molecule has 1 saturated heterocycles. The maximum atomic E-state index is 11.7. The number of rotatable bonds is 3. The van der Waals surface area contributed by atoms with E-state index in [0.717, 1.165) is 0 Å². The Morgan fingerprint density at radius 1 is 1.65 bits per heavy atom. The van der Waals surface area contributed by atoms with Gasteiger partial charge in [0.15, 0.2) is 6.61 Å². The van der Waals surface area contributed by atoms with E-state index in [0.29, 0.717) is 37.6 Å². The van der Waals surface area contributed by atoms with Gasteiger partial charge in [-0.05, 0) is 24.9 Å². The minimum absolute atomic E-state index is 0.0396. The lowest BCUT2D eigenvalue weighted by molar-refractivity contribution is -0.135. The molecule has 1 N–H and O–H groups in total. The summed E-state index contributed by atoms with van der Waals surface area (Å²) in [5.41, 5.74) is 0. The molecule has 0 bridgehead atoms. The number of nitrogens with zero attached hydrogens (tertiary/aromatic N) is 2. The number of ether oxygens (including phenoxy) is 1. The Balaban J connectivity index is 1.77. The maximum absolute atomic E-state index is 11.7. The van der Waals surface area contributed by atoms with Crippen molar-refractivity contribution in [1.29, 1.82) is 0 Å². The lowest BCUT2D eigenvalue weighted by Gasteiger charge is -2.29. The molecule has 0 aromatic carbocycles. The van der Waals surface area contributed by atoms with Crippen molar-refractivity contribution in [1.82, 2.24) is 10.1 Å². The predicted octanol–water partition coefficient (Wildman–Crippen LogP) is 0.345. The molecule has 0 saturated carbocycles. The van der Waals surface area contributed by atoms with Crippen LogP contribution in [-0.2, 0) is 4.79 Å². The fourth-order valence-electron chi connectivity index (χ4n) is 1.75. The molecule has 94 valence electrons. The lowest BCUT2D eigenvalue weighted by atomic mass is 10.1. The second-order valence-corrected chi connectivity index (χ2v) is 4.18. The van der Waals surface area contributed by atoms with Gasteiger partial charge in [0.25, 0.3) is 11.8 Å². The third kappa shape index (κ3) is 3.20. The van der Waals surface area contributed by atoms with Crippen molar-refractivity contribution in [2.45, 2.75) is 25.9 Å². The average Bonchev–Trinajstić information content (AvgIpc) is 2.73. The molecule has 1 aliphatic heterocycles.